The Labute approximate surface area is 133 Å². The molecule has 0 aliphatic heterocycles. The lowest BCUT2D eigenvalue weighted by atomic mass is 10.2. The largest absolute Gasteiger partial charge is 0.467 e. The summed E-state index contributed by atoms with van der Waals surface area (Å²) in [7, 11) is 0. The van der Waals surface area contributed by atoms with Gasteiger partial charge < -0.3 is 19.8 Å². The quantitative estimate of drug-likeness (QED) is 0.767. The van der Waals surface area contributed by atoms with Gasteiger partial charge in [-0.1, -0.05) is 12.1 Å². The summed E-state index contributed by atoms with van der Waals surface area (Å²) >= 11 is 0. The van der Waals surface area contributed by atoms with Crippen LogP contribution in [0.1, 0.15) is 29.0 Å². The number of esters is 1. The number of rotatable bonds is 7. The summed E-state index contributed by atoms with van der Waals surface area (Å²) in [5.41, 5.74) is 1.02. The number of hydrogen-bond acceptors (Lipinski definition) is 5. The fourth-order valence-corrected chi connectivity index (χ4v) is 2.12. The van der Waals surface area contributed by atoms with Gasteiger partial charge in [-0.3, -0.25) is 4.79 Å². The molecule has 0 bridgehead atoms. The van der Waals surface area contributed by atoms with E-state index >= 15 is 0 Å². The Morgan fingerprint density at radius 3 is 2.74 bits per heavy atom. The number of furan rings is 1. The van der Waals surface area contributed by atoms with Gasteiger partial charge in [0.25, 0.3) is 5.91 Å². The van der Waals surface area contributed by atoms with E-state index in [1.54, 1.807) is 30.5 Å². The molecule has 6 heteroatoms. The topological polar surface area (TPSA) is 80.6 Å². The van der Waals surface area contributed by atoms with Gasteiger partial charge in [-0.2, -0.15) is 0 Å². The number of carbonyl (C=O) groups excluding carboxylic acids is 2. The van der Waals surface area contributed by atoms with Crippen LogP contribution >= 0.6 is 0 Å². The minimum Gasteiger partial charge on any atom is -0.467 e. The van der Waals surface area contributed by atoms with Crippen LogP contribution in [0.4, 0.5) is 5.69 Å². The summed E-state index contributed by atoms with van der Waals surface area (Å²) < 4.78 is 10.3. The van der Waals surface area contributed by atoms with E-state index < -0.39 is 5.97 Å². The third-order valence-electron chi connectivity index (χ3n) is 3.46. The Balaban J connectivity index is 1.57. The first-order chi connectivity index (χ1) is 11.2. The molecular formula is C17H18N2O4. The maximum absolute atomic E-state index is 12.2. The number of hydrogen-bond donors (Lipinski definition) is 2. The lowest BCUT2D eigenvalue weighted by molar-refractivity contribution is -0.124. The van der Waals surface area contributed by atoms with E-state index in [1.807, 2.05) is 12.1 Å². The number of carbonyl (C=O) groups is 2. The number of anilines is 1. The average Bonchev–Trinajstić information content (AvgIpc) is 3.22. The highest BCUT2D eigenvalue weighted by Gasteiger charge is 2.24. The zero-order valence-electron chi connectivity index (χ0n) is 12.6. The Morgan fingerprint density at radius 2 is 2.00 bits per heavy atom. The first-order valence-electron chi connectivity index (χ1n) is 7.54. The van der Waals surface area contributed by atoms with Crippen molar-refractivity contribution in [1.29, 1.82) is 0 Å². The number of nitrogens with one attached hydrogen (secondary N) is 2. The van der Waals surface area contributed by atoms with Crippen LogP contribution in [-0.4, -0.2) is 24.5 Å². The molecule has 1 aliphatic carbocycles. The van der Waals surface area contributed by atoms with Gasteiger partial charge in [-0.25, -0.2) is 4.79 Å². The van der Waals surface area contributed by atoms with Crippen LogP contribution in [0.2, 0.25) is 0 Å². The molecule has 23 heavy (non-hydrogen) atoms. The third-order valence-corrected chi connectivity index (χ3v) is 3.46. The molecule has 0 atom stereocenters. The van der Waals surface area contributed by atoms with Gasteiger partial charge in [0.1, 0.15) is 5.76 Å². The van der Waals surface area contributed by atoms with Crippen molar-refractivity contribution in [3.63, 3.8) is 0 Å². The van der Waals surface area contributed by atoms with Crippen molar-refractivity contribution in [2.45, 2.75) is 25.4 Å². The Hall–Kier alpha value is -2.76. The molecule has 1 aromatic carbocycles. The van der Waals surface area contributed by atoms with E-state index in [-0.39, 0.29) is 18.6 Å². The fourth-order valence-electron chi connectivity index (χ4n) is 2.12. The summed E-state index contributed by atoms with van der Waals surface area (Å²) in [6.07, 6.45) is 3.59. The Morgan fingerprint density at radius 1 is 1.17 bits per heavy atom. The first-order valence-corrected chi connectivity index (χ1v) is 7.54. The van der Waals surface area contributed by atoms with Crippen LogP contribution in [0.5, 0.6) is 0 Å². The molecule has 0 radical (unpaired) electrons. The maximum atomic E-state index is 12.2. The average molecular weight is 314 g/mol. The van der Waals surface area contributed by atoms with Gasteiger partial charge in [-0.05, 0) is 37.1 Å². The maximum Gasteiger partial charge on any atom is 0.340 e. The smallest absolute Gasteiger partial charge is 0.340 e. The lowest BCUT2D eigenvalue weighted by Gasteiger charge is -2.11. The molecular weight excluding hydrogens is 296 g/mol. The summed E-state index contributed by atoms with van der Waals surface area (Å²) in [6.45, 7) is 0.196. The zero-order chi connectivity index (χ0) is 16.1. The van der Waals surface area contributed by atoms with Crippen molar-refractivity contribution in [3.8, 4) is 0 Å². The molecule has 0 unspecified atom stereocenters. The van der Waals surface area contributed by atoms with E-state index in [2.05, 4.69) is 10.6 Å². The normalized spacial score (nSPS) is 13.4. The lowest BCUT2D eigenvalue weighted by Crippen LogP contribution is -2.30. The summed E-state index contributed by atoms with van der Waals surface area (Å²) in [4.78, 5) is 23.7. The van der Waals surface area contributed by atoms with E-state index in [0.717, 1.165) is 18.6 Å². The van der Waals surface area contributed by atoms with Gasteiger partial charge in [0.15, 0.2) is 6.61 Å². The van der Waals surface area contributed by atoms with Gasteiger partial charge in [0.05, 0.1) is 18.4 Å². The first kappa shape index (κ1) is 15.1. The van der Waals surface area contributed by atoms with Crippen molar-refractivity contribution in [2.75, 3.05) is 11.9 Å². The Kier molecular flexibility index (Phi) is 4.61. The predicted octanol–water partition coefficient (Wildman–Crippen LogP) is 2.33. The zero-order valence-corrected chi connectivity index (χ0v) is 12.6. The molecule has 3 rings (SSSR count). The van der Waals surface area contributed by atoms with Crippen molar-refractivity contribution in [2.24, 2.45) is 0 Å². The number of para-hydroxylation sites is 1. The SMILES string of the molecule is O=C(COC(=O)c1ccccc1NCc1ccco1)NC1CC1. The minimum atomic E-state index is -0.529. The highest BCUT2D eigenvalue weighted by atomic mass is 16.5. The van der Waals surface area contributed by atoms with Crippen molar-refractivity contribution < 1.29 is 18.7 Å². The molecule has 1 fully saturated rings. The monoisotopic (exact) mass is 314 g/mol. The van der Waals surface area contributed by atoms with Crippen LogP contribution in [0, 0.1) is 0 Å². The molecule has 1 heterocycles. The van der Waals surface area contributed by atoms with E-state index in [1.165, 1.54) is 0 Å². The summed E-state index contributed by atoms with van der Waals surface area (Å²) in [5.74, 6) is -0.0302. The van der Waals surface area contributed by atoms with Crippen LogP contribution in [0.25, 0.3) is 0 Å². The van der Waals surface area contributed by atoms with Crippen LogP contribution in [0.15, 0.2) is 47.1 Å². The number of ether oxygens (including phenoxy) is 1. The van der Waals surface area contributed by atoms with Crippen molar-refractivity contribution in [1.82, 2.24) is 5.32 Å². The molecule has 2 aromatic rings. The molecule has 6 nitrogen and oxygen atoms in total. The third kappa shape index (κ3) is 4.35. The predicted molar refractivity (Wildman–Crippen MR) is 83.9 cm³/mol. The van der Waals surface area contributed by atoms with Gasteiger partial charge in [0.2, 0.25) is 0 Å². The fraction of sp³-hybridized carbons (Fsp3) is 0.294. The van der Waals surface area contributed by atoms with Crippen molar-refractivity contribution >= 4 is 17.6 Å². The van der Waals surface area contributed by atoms with Crippen molar-refractivity contribution in [3.05, 3.63) is 54.0 Å². The standard InChI is InChI=1S/C17H18N2O4/c20-16(19-12-7-8-12)11-23-17(21)14-5-1-2-6-15(14)18-10-13-4-3-9-22-13/h1-6,9,12,18H,7-8,10-11H2,(H,19,20). The molecule has 1 saturated carbocycles. The summed E-state index contributed by atoms with van der Waals surface area (Å²) in [5, 5.41) is 5.91. The minimum absolute atomic E-state index is 0.253. The Bertz CT molecular complexity index is 678. The summed E-state index contributed by atoms with van der Waals surface area (Å²) in [6, 6.07) is 10.9. The van der Waals surface area contributed by atoms with Gasteiger partial charge in [-0.15, -0.1) is 0 Å². The molecule has 0 saturated heterocycles. The number of benzene rings is 1. The number of amides is 1. The molecule has 0 spiro atoms. The second-order valence-corrected chi connectivity index (χ2v) is 5.40. The molecule has 2 N–H and O–H groups in total. The second-order valence-electron chi connectivity index (χ2n) is 5.40. The van der Waals surface area contributed by atoms with Crippen LogP contribution in [0.3, 0.4) is 0 Å². The van der Waals surface area contributed by atoms with Gasteiger partial charge in [0, 0.05) is 11.7 Å². The molecule has 1 aromatic heterocycles. The van der Waals surface area contributed by atoms with Crippen LogP contribution in [-0.2, 0) is 16.1 Å². The molecule has 120 valence electrons. The molecule has 1 amide bonds. The van der Waals surface area contributed by atoms with Crippen LogP contribution < -0.4 is 10.6 Å². The van der Waals surface area contributed by atoms with E-state index in [4.69, 9.17) is 9.15 Å². The highest BCUT2D eigenvalue weighted by Crippen LogP contribution is 2.19. The van der Waals surface area contributed by atoms with E-state index in [9.17, 15) is 9.59 Å². The second kappa shape index (κ2) is 7.00. The van der Waals surface area contributed by atoms with E-state index in [0.29, 0.717) is 17.8 Å². The van der Waals surface area contributed by atoms with Gasteiger partial charge >= 0.3 is 5.97 Å². The molecule has 1 aliphatic rings. The highest BCUT2D eigenvalue weighted by molar-refractivity contribution is 5.96.